The number of benzene rings is 1. The standard InChI is InChI=1S/C13H15N3O3/c1-8(17)9-3-2-4-10(7-9)14-13(19)11-5-6-12(18)16-15-11/h2-4,7,11,15H,5-6H2,1H3,(H,14,19)(H,16,18). The molecule has 0 aliphatic carbocycles. The molecule has 1 aromatic rings. The number of hydrogen-bond acceptors (Lipinski definition) is 4. The highest BCUT2D eigenvalue weighted by Crippen LogP contribution is 2.12. The van der Waals surface area contributed by atoms with E-state index < -0.39 is 6.04 Å². The highest BCUT2D eigenvalue weighted by atomic mass is 16.2. The van der Waals surface area contributed by atoms with Crippen molar-refractivity contribution in [2.45, 2.75) is 25.8 Å². The van der Waals surface area contributed by atoms with E-state index in [-0.39, 0.29) is 17.6 Å². The van der Waals surface area contributed by atoms with E-state index in [1.807, 2.05) is 0 Å². The Morgan fingerprint density at radius 2 is 2.16 bits per heavy atom. The Morgan fingerprint density at radius 3 is 2.79 bits per heavy atom. The van der Waals surface area contributed by atoms with Gasteiger partial charge in [0.1, 0.15) is 6.04 Å². The highest BCUT2D eigenvalue weighted by Gasteiger charge is 2.23. The molecule has 3 N–H and O–H groups in total. The average Bonchev–Trinajstić information content (AvgIpc) is 2.39. The van der Waals surface area contributed by atoms with Crippen LogP contribution in [0.1, 0.15) is 30.1 Å². The van der Waals surface area contributed by atoms with Crippen LogP contribution in [0.4, 0.5) is 5.69 Å². The minimum absolute atomic E-state index is 0.0563. The Bertz CT molecular complexity index is 518. The van der Waals surface area contributed by atoms with E-state index in [9.17, 15) is 14.4 Å². The number of carbonyl (C=O) groups is 3. The molecule has 1 aliphatic heterocycles. The van der Waals surface area contributed by atoms with E-state index in [1.165, 1.54) is 6.92 Å². The first-order valence-electron chi connectivity index (χ1n) is 6.02. The molecule has 1 atom stereocenters. The van der Waals surface area contributed by atoms with Gasteiger partial charge in [0.15, 0.2) is 5.78 Å². The van der Waals surface area contributed by atoms with E-state index >= 15 is 0 Å². The fourth-order valence-electron chi connectivity index (χ4n) is 1.82. The number of nitrogens with one attached hydrogen (secondary N) is 3. The third-order valence-corrected chi connectivity index (χ3v) is 2.90. The van der Waals surface area contributed by atoms with E-state index in [1.54, 1.807) is 24.3 Å². The van der Waals surface area contributed by atoms with Crippen LogP contribution in [0.15, 0.2) is 24.3 Å². The predicted molar refractivity (Wildman–Crippen MR) is 69.4 cm³/mol. The molecule has 0 saturated carbocycles. The van der Waals surface area contributed by atoms with Crippen molar-refractivity contribution in [2.75, 3.05) is 5.32 Å². The maximum Gasteiger partial charge on any atom is 0.243 e. The lowest BCUT2D eigenvalue weighted by Crippen LogP contribution is -2.54. The van der Waals surface area contributed by atoms with Crippen LogP contribution in [-0.2, 0) is 9.59 Å². The van der Waals surface area contributed by atoms with E-state index in [0.717, 1.165) is 0 Å². The number of amides is 2. The molecular weight excluding hydrogens is 246 g/mol. The summed E-state index contributed by atoms with van der Waals surface area (Å²) in [6, 6.07) is 6.28. The monoisotopic (exact) mass is 261 g/mol. The number of ketones is 1. The summed E-state index contributed by atoms with van der Waals surface area (Å²) in [7, 11) is 0. The summed E-state index contributed by atoms with van der Waals surface area (Å²) >= 11 is 0. The second-order valence-electron chi connectivity index (χ2n) is 4.41. The maximum atomic E-state index is 11.9. The molecule has 1 aliphatic rings. The minimum atomic E-state index is -0.460. The fraction of sp³-hybridized carbons (Fsp3) is 0.308. The number of anilines is 1. The van der Waals surface area contributed by atoms with Crippen LogP contribution in [0.5, 0.6) is 0 Å². The molecule has 1 aromatic carbocycles. The summed E-state index contributed by atoms with van der Waals surface area (Å²) in [5.41, 5.74) is 6.18. The van der Waals surface area contributed by atoms with Crippen molar-refractivity contribution in [3.63, 3.8) is 0 Å². The number of hydrazine groups is 1. The van der Waals surface area contributed by atoms with Crippen molar-refractivity contribution in [3.05, 3.63) is 29.8 Å². The SMILES string of the molecule is CC(=O)c1cccc(NC(=O)C2CCC(=O)NN2)c1. The van der Waals surface area contributed by atoms with Crippen LogP contribution < -0.4 is 16.2 Å². The van der Waals surface area contributed by atoms with Crippen molar-refractivity contribution in [1.29, 1.82) is 0 Å². The van der Waals surface area contributed by atoms with E-state index in [0.29, 0.717) is 24.1 Å². The van der Waals surface area contributed by atoms with Gasteiger partial charge >= 0.3 is 0 Å². The van der Waals surface area contributed by atoms with Gasteiger partial charge in [-0.15, -0.1) is 0 Å². The van der Waals surface area contributed by atoms with Gasteiger partial charge in [-0.3, -0.25) is 19.8 Å². The van der Waals surface area contributed by atoms with Gasteiger partial charge in [0.2, 0.25) is 11.8 Å². The Kier molecular flexibility index (Phi) is 3.91. The van der Waals surface area contributed by atoms with Crippen molar-refractivity contribution >= 4 is 23.3 Å². The van der Waals surface area contributed by atoms with Crippen LogP contribution in [0.3, 0.4) is 0 Å². The van der Waals surface area contributed by atoms with Crippen molar-refractivity contribution < 1.29 is 14.4 Å². The molecule has 100 valence electrons. The molecule has 1 fully saturated rings. The van der Waals surface area contributed by atoms with Crippen LogP contribution in [0.2, 0.25) is 0 Å². The lowest BCUT2D eigenvalue weighted by atomic mass is 10.1. The van der Waals surface area contributed by atoms with Crippen LogP contribution in [-0.4, -0.2) is 23.6 Å². The number of Topliss-reactive ketones (excluding diaryl/α,β-unsaturated/α-hetero) is 1. The smallest absolute Gasteiger partial charge is 0.243 e. The third kappa shape index (κ3) is 3.38. The molecular formula is C13H15N3O3. The first-order valence-corrected chi connectivity index (χ1v) is 6.02. The molecule has 6 heteroatoms. The van der Waals surface area contributed by atoms with Gasteiger partial charge in [0.25, 0.3) is 0 Å². The second kappa shape index (κ2) is 5.62. The summed E-state index contributed by atoms with van der Waals surface area (Å²) in [6.45, 7) is 1.47. The van der Waals surface area contributed by atoms with Crippen LogP contribution in [0.25, 0.3) is 0 Å². The van der Waals surface area contributed by atoms with Gasteiger partial charge in [-0.2, -0.15) is 0 Å². The van der Waals surface area contributed by atoms with Gasteiger partial charge in [0.05, 0.1) is 0 Å². The fourth-order valence-corrected chi connectivity index (χ4v) is 1.82. The summed E-state index contributed by atoms with van der Waals surface area (Å²) in [5, 5.41) is 2.72. The van der Waals surface area contributed by atoms with Crippen LogP contribution in [0, 0.1) is 0 Å². The van der Waals surface area contributed by atoms with Crippen molar-refractivity contribution in [2.24, 2.45) is 0 Å². The number of rotatable bonds is 3. The van der Waals surface area contributed by atoms with E-state index in [4.69, 9.17) is 0 Å². The Morgan fingerprint density at radius 1 is 1.37 bits per heavy atom. The second-order valence-corrected chi connectivity index (χ2v) is 4.41. The van der Waals surface area contributed by atoms with Gasteiger partial charge in [-0.25, -0.2) is 5.43 Å². The average molecular weight is 261 g/mol. The predicted octanol–water partition coefficient (Wildman–Crippen LogP) is 0.611. The Hall–Kier alpha value is -2.21. The topological polar surface area (TPSA) is 87.3 Å². The molecule has 2 rings (SSSR count). The first kappa shape index (κ1) is 13.2. The zero-order valence-corrected chi connectivity index (χ0v) is 10.5. The molecule has 2 amide bonds. The molecule has 6 nitrogen and oxygen atoms in total. The number of carbonyl (C=O) groups excluding carboxylic acids is 3. The summed E-state index contributed by atoms with van der Waals surface area (Å²) in [6.07, 6.45) is 0.767. The normalized spacial score (nSPS) is 18.6. The molecule has 19 heavy (non-hydrogen) atoms. The van der Waals surface area contributed by atoms with Gasteiger partial charge in [0, 0.05) is 17.7 Å². The van der Waals surface area contributed by atoms with Gasteiger partial charge in [-0.1, -0.05) is 12.1 Å². The van der Waals surface area contributed by atoms with Gasteiger partial charge < -0.3 is 5.32 Å². The molecule has 0 radical (unpaired) electrons. The zero-order valence-electron chi connectivity index (χ0n) is 10.5. The molecule has 0 aromatic heterocycles. The number of hydrogen-bond donors (Lipinski definition) is 3. The van der Waals surface area contributed by atoms with Gasteiger partial charge in [-0.05, 0) is 25.5 Å². The lowest BCUT2D eigenvalue weighted by Gasteiger charge is -2.23. The minimum Gasteiger partial charge on any atom is -0.325 e. The summed E-state index contributed by atoms with van der Waals surface area (Å²) < 4.78 is 0. The lowest BCUT2D eigenvalue weighted by molar-refractivity contribution is -0.126. The van der Waals surface area contributed by atoms with E-state index in [2.05, 4.69) is 16.2 Å². The quantitative estimate of drug-likeness (QED) is 0.696. The Balaban J connectivity index is 2.00. The third-order valence-electron chi connectivity index (χ3n) is 2.90. The molecule has 0 bridgehead atoms. The summed E-state index contributed by atoms with van der Waals surface area (Å²) in [4.78, 5) is 34.2. The largest absolute Gasteiger partial charge is 0.325 e. The molecule has 1 unspecified atom stereocenters. The first-order chi connectivity index (χ1) is 9.06. The molecule has 1 saturated heterocycles. The molecule has 0 spiro atoms. The maximum absolute atomic E-state index is 11.9. The van der Waals surface area contributed by atoms with Crippen molar-refractivity contribution in [3.8, 4) is 0 Å². The Labute approximate surface area is 110 Å². The van der Waals surface area contributed by atoms with Crippen LogP contribution >= 0.6 is 0 Å². The highest BCUT2D eigenvalue weighted by molar-refractivity contribution is 5.98. The molecule has 1 heterocycles. The summed E-state index contributed by atoms with van der Waals surface area (Å²) in [5.74, 6) is -0.414. The van der Waals surface area contributed by atoms with Crippen molar-refractivity contribution in [1.82, 2.24) is 10.9 Å². The zero-order chi connectivity index (χ0) is 13.8.